The van der Waals surface area contributed by atoms with E-state index >= 15 is 0 Å². The van der Waals surface area contributed by atoms with Crippen molar-refractivity contribution in [3.05, 3.63) is 23.8 Å². The Balaban J connectivity index is 2.55. The molecule has 0 saturated carbocycles. The molecular weight excluding hydrogens is 228 g/mol. The van der Waals surface area contributed by atoms with Crippen molar-refractivity contribution in [1.82, 2.24) is 0 Å². The monoisotopic (exact) mass is 254 g/mol. The zero-order chi connectivity index (χ0) is 13.9. The van der Waals surface area contributed by atoms with E-state index in [1.54, 1.807) is 0 Å². The zero-order valence-corrected chi connectivity index (χ0v) is 12.1. The fourth-order valence-corrected chi connectivity index (χ4v) is 2.25. The lowest BCUT2D eigenvalue weighted by Crippen LogP contribution is -2.24. The summed E-state index contributed by atoms with van der Waals surface area (Å²) in [6.07, 6.45) is 7.53. The van der Waals surface area contributed by atoms with Gasteiger partial charge in [-0.05, 0) is 31.6 Å². The van der Waals surface area contributed by atoms with Gasteiger partial charge in [0.15, 0.2) is 0 Å². The Morgan fingerprint density at radius 1 is 1.39 bits per heavy atom. The maximum atomic E-state index is 8.77. The first-order valence-corrected chi connectivity index (χ1v) is 6.62. The highest BCUT2D eigenvalue weighted by molar-refractivity contribution is 5.22. The molecule has 3 unspecified atom stereocenters. The average molecular weight is 254 g/mol. The lowest BCUT2D eigenvalue weighted by Gasteiger charge is -2.28. The third kappa shape index (κ3) is 3.67. The van der Waals surface area contributed by atoms with Crippen molar-refractivity contribution in [3.8, 4) is 0 Å². The summed E-state index contributed by atoms with van der Waals surface area (Å²) in [5, 5.41) is 17.5. The molecule has 0 aromatic rings. The van der Waals surface area contributed by atoms with Crippen LogP contribution in [0.15, 0.2) is 23.8 Å². The molecule has 0 saturated heterocycles. The number of hydrogen-bond donors (Lipinski definition) is 2. The van der Waals surface area contributed by atoms with E-state index in [1.165, 1.54) is 5.57 Å². The maximum absolute atomic E-state index is 8.77. The van der Waals surface area contributed by atoms with Crippen LogP contribution in [-0.4, -0.2) is 22.8 Å². The van der Waals surface area contributed by atoms with Crippen molar-refractivity contribution >= 4 is 0 Å². The van der Waals surface area contributed by atoms with Crippen LogP contribution >= 0.6 is 0 Å². The predicted molar refractivity (Wildman–Crippen MR) is 72.7 cm³/mol. The summed E-state index contributed by atoms with van der Waals surface area (Å²) in [5.74, 6) is 0.676. The Morgan fingerprint density at radius 2 is 2.00 bits per heavy atom. The molecule has 3 nitrogen and oxygen atoms in total. The van der Waals surface area contributed by atoms with Gasteiger partial charge in [0.2, 0.25) is 0 Å². The van der Waals surface area contributed by atoms with E-state index < -0.39 is 6.48 Å². The molecular formula is C15H26O3. The van der Waals surface area contributed by atoms with E-state index in [0.717, 1.165) is 6.42 Å². The molecule has 3 atom stereocenters. The Bertz CT molecular complexity index is 329. The number of aliphatic hydroxyl groups excluding tert-OH is 1. The van der Waals surface area contributed by atoms with Gasteiger partial charge in [0.1, 0.15) is 0 Å². The van der Waals surface area contributed by atoms with Crippen molar-refractivity contribution in [2.45, 2.75) is 53.6 Å². The highest BCUT2D eigenvalue weighted by Gasteiger charge is 2.33. The van der Waals surface area contributed by atoms with Gasteiger partial charge in [-0.1, -0.05) is 44.6 Å². The first-order valence-electron chi connectivity index (χ1n) is 6.62. The second-order valence-corrected chi connectivity index (χ2v) is 5.86. The largest absolute Gasteiger partial charge is 0.346 e. The van der Waals surface area contributed by atoms with Crippen molar-refractivity contribution in [3.63, 3.8) is 0 Å². The summed E-state index contributed by atoms with van der Waals surface area (Å²) in [7, 11) is 0. The van der Waals surface area contributed by atoms with Crippen LogP contribution in [0.2, 0.25) is 0 Å². The molecule has 0 aromatic carbocycles. The van der Waals surface area contributed by atoms with Gasteiger partial charge >= 0.3 is 0 Å². The minimum absolute atomic E-state index is 0.156. The third-order valence-electron chi connectivity index (χ3n) is 4.35. The number of allylic oxidation sites excluding steroid dienone is 3. The molecule has 0 amide bonds. The van der Waals surface area contributed by atoms with Crippen LogP contribution in [0.1, 0.15) is 41.0 Å². The average Bonchev–Trinajstić information content (AvgIpc) is 2.50. The van der Waals surface area contributed by atoms with Gasteiger partial charge in [-0.2, -0.15) is 0 Å². The second-order valence-electron chi connectivity index (χ2n) is 5.86. The van der Waals surface area contributed by atoms with Crippen molar-refractivity contribution < 1.29 is 14.9 Å². The van der Waals surface area contributed by atoms with Crippen LogP contribution in [-0.2, 0) is 4.74 Å². The molecule has 0 radical (unpaired) electrons. The summed E-state index contributed by atoms with van der Waals surface area (Å²) in [6, 6.07) is 0. The van der Waals surface area contributed by atoms with Crippen LogP contribution in [0, 0.1) is 17.3 Å². The van der Waals surface area contributed by atoms with Gasteiger partial charge < -0.3 is 14.9 Å². The molecule has 1 rings (SSSR count). The van der Waals surface area contributed by atoms with Gasteiger partial charge in [0, 0.05) is 5.92 Å². The van der Waals surface area contributed by atoms with E-state index in [0.29, 0.717) is 5.92 Å². The molecule has 2 N–H and O–H groups in total. The fraction of sp³-hybridized carbons (Fsp3) is 0.733. The van der Waals surface area contributed by atoms with Crippen LogP contribution in [0.3, 0.4) is 0 Å². The normalized spacial score (nSPS) is 26.7. The Morgan fingerprint density at radius 3 is 2.44 bits per heavy atom. The van der Waals surface area contributed by atoms with Gasteiger partial charge in [0.25, 0.3) is 6.48 Å². The van der Waals surface area contributed by atoms with Gasteiger partial charge in [-0.15, -0.1) is 0 Å². The molecule has 1 aliphatic carbocycles. The summed E-state index contributed by atoms with van der Waals surface area (Å²) in [6.45, 7) is 8.89. The zero-order valence-electron chi connectivity index (χ0n) is 12.1. The van der Waals surface area contributed by atoms with Gasteiger partial charge in [-0.3, -0.25) is 0 Å². The number of ether oxygens (including phenoxy) is 1. The number of rotatable bonds is 5. The summed E-state index contributed by atoms with van der Waals surface area (Å²) < 4.78 is 4.95. The van der Waals surface area contributed by atoms with E-state index in [2.05, 4.69) is 39.0 Å². The highest BCUT2D eigenvalue weighted by Crippen LogP contribution is 2.43. The van der Waals surface area contributed by atoms with E-state index in [-0.39, 0.29) is 17.4 Å². The molecule has 0 spiro atoms. The number of hydrogen-bond acceptors (Lipinski definition) is 3. The van der Waals surface area contributed by atoms with Gasteiger partial charge in [0.05, 0.1) is 6.10 Å². The first kappa shape index (κ1) is 15.4. The van der Waals surface area contributed by atoms with Crippen LogP contribution in [0.5, 0.6) is 0 Å². The SMILES string of the molecule is CC1=CCC(C=CC(C)C(C)OC(O)O)C1(C)C. The van der Waals surface area contributed by atoms with Crippen LogP contribution in [0.25, 0.3) is 0 Å². The Kier molecular flexibility index (Phi) is 5.14. The van der Waals surface area contributed by atoms with Crippen molar-refractivity contribution in [2.75, 3.05) is 0 Å². The minimum atomic E-state index is -1.69. The van der Waals surface area contributed by atoms with Crippen molar-refractivity contribution in [2.24, 2.45) is 17.3 Å². The molecule has 0 aliphatic heterocycles. The van der Waals surface area contributed by atoms with Gasteiger partial charge in [-0.25, -0.2) is 0 Å². The quantitative estimate of drug-likeness (QED) is 0.586. The molecule has 0 fully saturated rings. The molecule has 104 valence electrons. The highest BCUT2D eigenvalue weighted by atomic mass is 16.7. The predicted octanol–water partition coefficient (Wildman–Crippen LogP) is 2.84. The fourth-order valence-electron chi connectivity index (χ4n) is 2.25. The van der Waals surface area contributed by atoms with E-state index in [1.807, 2.05) is 13.8 Å². The smallest absolute Gasteiger partial charge is 0.266 e. The van der Waals surface area contributed by atoms with Crippen LogP contribution < -0.4 is 0 Å². The maximum Gasteiger partial charge on any atom is 0.266 e. The Hall–Kier alpha value is -0.640. The molecule has 3 heteroatoms. The standard InChI is InChI=1S/C15H26O3/c1-10(12(3)18-14(16)17)6-8-13-9-7-11(2)15(13,4)5/h6-8,10,12-14,16-17H,9H2,1-5H3. The minimum Gasteiger partial charge on any atom is -0.346 e. The summed E-state index contributed by atoms with van der Waals surface area (Å²) in [4.78, 5) is 0. The van der Waals surface area contributed by atoms with Crippen molar-refractivity contribution in [1.29, 1.82) is 0 Å². The Labute approximate surface area is 110 Å². The third-order valence-corrected chi connectivity index (χ3v) is 4.35. The van der Waals surface area contributed by atoms with Crippen LogP contribution in [0.4, 0.5) is 0 Å². The topological polar surface area (TPSA) is 49.7 Å². The molecule has 0 heterocycles. The molecule has 18 heavy (non-hydrogen) atoms. The van der Waals surface area contributed by atoms with E-state index in [9.17, 15) is 0 Å². The second kappa shape index (κ2) is 6.00. The molecule has 1 aliphatic rings. The number of aliphatic hydroxyl groups is 2. The molecule has 0 bridgehead atoms. The van der Waals surface area contributed by atoms with E-state index in [4.69, 9.17) is 14.9 Å². The molecule has 0 aromatic heterocycles. The lowest BCUT2D eigenvalue weighted by molar-refractivity contribution is -0.257. The lowest BCUT2D eigenvalue weighted by atomic mass is 9.77. The first-order chi connectivity index (χ1) is 8.25. The summed E-state index contributed by atoms with van der Waals surface area (Å²) >= 11 is 0. The summed E-state index contributed by atoms with van der Waals surface area (Å²) in [5.41, 5.74) is 1.66.